The van der Waals surface area contributed by atoms with Gasteiger partial charge in [0.1, 0.15) is 5.82 Å². The van der Waals surface area contributed by atoms with Crippen molar-refractivity contribution in [3.63, 3.8) is 0 Å². The molecule has 0 spiro atoms. The van der Waals surface area contributed by atoms with Gasteiger partial charge in [-0.3, -0.25) is 0 Å². The summed E-state index contributed by atoms with van der Waals surface area (Å²) in [5, 5.41) is 3.30. The zero-order valence-electron chi connectivity index (χ0n) is 10.8. The number of nitrogens with zero attached hydrogens (tertiary/aromatic N) is 2. The summed E-state index contributed by atoms with van der Waals surface area (Å²) in [4.78, 5) is 6.77. The minimum Gasteiger partial charge on any atom is -0.396 e. The van der Waals surface area contributed by atoms with E-state index >= 15 is 0 Å². The summed E-state index contributed by atoms with van der Waals surface area (Å²) in [6, 6.07) is 1.87. The van der Waals surface area contributed by atoms with Crippen LogP contribution in [0.25, 0.3) is 0 Å². The van der Waals surface area contributed by atoms with Crippen LogP contribution < -0.4 is 11.1 Å². The molecule has 1 aromatic heterocycles. The molecule has 0 saturated carbocycles. The van der Waals surface area contributed by atoms with Crippen LogP contribution in [-0.4, -0.2) is 36.1 Å². The first-order chi connectivity index (χ1) is 8.65. The van der Waals surface area contributed by atoms with Crippen molar-refractivity contribution in [1.29, 1.82) is 0 Å². The van der Waals surface area contributed by atoms with E-state index in [1.807, 2.05) is 6.07 Å². The summed E-state index contributed by atoms with van der Waals surface area (Å²) < 4.78 is 0.913. The number of likely N-dealkylation sites (tertiary alicyclic amines) is 1. The number of pyridine rings is 1. The average molecular weight is 313 g/mol. The lowest BCUT2D eigenvalue weighted by Gasteiger charge is -2.30. The molecular weight excluding hydrogens is 292 g/mol. The quantitative estimate of drug-likeness (QED) is 0.897. The highest BCUT2D eigenvalue weighted by Gasteiger charge is 2.14. The van der Waals surface area contributed by atoms with Gasteiger partial charge in [0.05, 0.1) is 5.69 Å². The Morgan fingerprint density at radius 1 is 1.50 bits per heavy atom. The van der Waals surface area contributed by atoms with Gasteiger partial charge in [-0.25, -0.2) is 4.98 Å². The molecule has 2 rings (SSSR count). The van der Waals surface area contributed by atoms with Crippen LogP contribution in [0.2, 0.25) is 0 Å². The summed E-state index contributed by atoms with van der Waals surface area (Å²) in [5.41, 5.74) is 6.58. The van der Waals surface area contributed by atoms with E-state index in [1.165, 1.54) is 25.9 Å². The van der Waals surface area contributed by atoms with Gasteiger partial charge in [0.25, 0.3) is 0 Å². The maximum absolute atomic E-state index is 5.89. The van der Waals surface area contributed by atoms with Crippen molar-refractivity contribution in [2.24, 2.45) is 5.92 Å². The Labute approximate surface area is 117 Å². The molecule has 18 heavy (non-hydrogen) atoms. The van der Waals surface area contributed by atoms with Crippen LogP contribution in [0.1, 0.15) is 19.8 Å². The fraction of sp³-hybridized carbons (Fsp3) is 0.615. The first-order valence-electron chi connectivity index (χ1n) is 6.52. The summed E-state index contributed by atoms with van der Waals surface area (Å²) in [7, 11) is 0. The second-order valence-electron chi connectivity index (χ2n) is 5.04. The van der Waals surface area contributed by atoms with E-state index in [0.29, 0.717) is 5.69 Å². The highest BCUT2D eigenvalue weighted by molar-refractivity contribution is 9.10. The number of anilines is 2. The van der Waals surface area contributed by atoms with Gasteiger partial charge in [0.15, 0.2) is 0 Å². The van der Waals surface area contributed by atoms with Crippen molar-refractivity contribution in [2.45, 2.75) is 19.8 Å². The van der Waals surface area contributed by atoms with E-state index in [0.717, 1.165) is 29.3 Å². The molecular formula is C13H21BrN4. The lowest BCUT2D eigenvalue weighted by atomic mass is 9.99. The van der Waals surface area contributed by atoms with E-state index in [9.17, 15) is 0 Å². The number of nitrogens with one attached hydrogen (secondary N) is 1. The summed E-state index contributed by atoms with van der Waals surface area (Å²) in [6.45, 7) is 6.72. The van der Waals surface area contributed by atoms with Crippen LogP contribution >= 0.6 is 15.9 Å². The number of halogens is 1. The molecule has 0 bridgehead atoms. The normalized spacial score (nSPS) is 17.9. The molecule has 100 valence electrons. The third kappa shape index (κ3) is 3.85. The highest BCUT2D eigenvalue weighted by Crippen LogP contribution is 2.20. The Kier molecular flexibility index (Phi) is 4.83. The Bertz CT molecular complexity index is 389. The Hall–Kier alpha value is -0.810. The number of hydrogen-bond donors (Lipinski definition) is 2. The SMILES string of the molecule is CC1CCN(CCNc2ncc(Br)cc2N)CC1. The van der Waals surface area contributed by atoms with Crippen LogP contribution in [-0.2, 0) is 0 Å². The standard InChI is InChI=1S/C13H21BrN4/c1-10-2-5-18(6-3-10)7-4-16-13-12(15)8-11(14)9-17-13/h8-10H,2-7,15H2,1H3,(H,16,17). The summed E-state index contributed by atoms with van der Waals surface area (Å²) >= 11 is 3.35. The molecule has 5 heteroatoms. The predicted octanol–water partition coefficient (Wildman–Crippen LogP) is 2.57. The maximum Gasteiger partial charge on any atom is 0.149 e. The van der Waals surface area contributed by atoms with E-state index in [2.05, 4.69) is 38.1 Å². The Morgan fingerprint density at radius 3 is 2.89 bits per heavy atom. The molecule has 0 unspecified atom stereocenters. The average Bonchev–Trinajstić information content (AvgIpc) is 2.34. The molecule has 0 amide bonds. The second kappa shape index (κ2) is 6.38. The molecule has 0 radical (unpaired) electrons. The van der Waals surface area contributed by atoms with Gasteiger partial charge >= 0.3 is 0 Å². The van der Waals surface area contributed by atoms with Gasteiger partial charge in [0, 0.05) is 23.8 Å². The molecule has 1 aliphatic heterocycles. The second-order valence-corrected chi connectivity index (χ2v) is 5.96. The molecule has 3 N–H and O–H groups in total. The molecule has 4 nitrogen and oxygen atoms in total. The van der Waals surface area contributed by atoms with Gasteiger partial charge in [0.2, 0.25) is 0 Å². The number of hydrogen-bond acceptors (Lipinski definition) is 4. The van der Waals surface area contributed by atoms with Crippen LogP contribution in [0.5, 0.6) is 0 Å². The first-order valence-corrected chi connectivity index (χ1v) is 7.31. The topological polar surface area (TPSA) is 54.2 Å². The van der Waals surface area contributed by atoms with Crippen LogP contribution in [0, 0.1) is 5.92 Å². The van der Waals surface area contributed by atoms with Gasteiger partial charge in [-0.15, -0.1) is 0 Å². The molecule has 0 atom stereocenters. The lowest BCUT2D eigenvalue weighted by molar-refractivity contribution is 0.199. The third-order valence-corrected chi connectivity index (χ3v) is 3.91. The molecule has 0 aromatic carbocycles. The monoisotopic (exact) mass is 312 g/mol. The Morgan fingerprint density at radius 2 is 2.22 bits per heavy atom. The fourth-order valence-electron chi connectivity index (χ4n) is 2.22. The molecule has 1 aromatic rings. The smallest absolute Gasteiger partial charge is 0.149 e. The van der Waals surface area contributed by atoms with Crippen molar-refractivity contribution >= 4 is 27.4 Å². The fourth-order valence-corrected chi connectivity index (χ4v) is 2.57. The molecule has 1 aliphatic rings. The molecule has 1 saturated heterocycles. The lowest BCUT2D eigenvalue weighted by Crippen LogP contribution is -2.36. The number of nitrogen functional groups attached to an aromatic ring is 1. The number of nitrogens with two attached hydrogens (primary N) is 1. The summed E-state index contributed by atoms with van der Waals surface area (Å²) in [6.07, 6.45) is 4.40. The number of rotatable bonds is 4. The minimum absolute atomic E-state index is 0.691. The van der Waals surface area contributed by atoms with Crippen molar-refractivity contribution in [3.05, 3.63) is 16.7 Å². The largest absolute Gasteiger partial charge is 0.396 e. The first kappa shape index (κ1) is 13.6. The predicted molar refractivity (Wildman–Crippen MR) is 79.7 cm³/mol. The van der Waals surface area contributed by atoms with Crippen molar-refractivity contribution in [1.82, 2.24) is 9.88 Å². The molecule has 1 fully saturated rings. The van der Waals surface area contributed by atoms with Gasteiger partial charge in [-0.2, -0.15) is 0 Å². The minimum atomic E-state index is 0.691. The van der Waals surface area contributed by atoms with Crippen molar-refractivity contribution in [3.8, 4) is 0 Å². The van der Waals surface area contributed by atoms with E-state index in [-0.39, 0.29) is 0 Å². The highest BCUT2D eigenvalue weighted by atomic mass is 79.9. The van der Waals surface area contributed by atoms with Gasteiger partial charge in [-0.1, -0.05) is 6.92 Å². The van der Waals surface area contributed by atoms with Crippen molar-refractivity contribution in [2.75, 3.05) is 37.2 Å². The summed E-state index contributed by atoms with van der Waals surface area (Å²) in [5.74, 6) is 1.67. The van der Waals surface area contributed by atoms with Gasteiger partial charge < -0.3 is 16.0 Å². The van der Waals surface area contributed by atoms with Crippen LogP contribution in [0.15, 0.2) is 16.7 Å². The maximum atomic E-state index is 5.89. The molecule has 2 heterocycles. The van der Waals surface area contributed by atoms with E-state index in [1.54, 1.807) is 6.20 Å². The van der Waals surface area contributed by atoms with Gasteiger partial charge in [-0.05, 0) is 53.8 Å². The number of aromatic nitrogens is 1. The number of piperidine rings is 1. The van der Waals surface area contributed by atoms with E-state index < -0.39 is 0 Å². The zero-order valence-corrected chi connectivity index (χ0v) is 12.4. The third-order valence-electron chi connectivity index (χ3n) is 3.48. The van der Waals surface area contributed by atoms with Crippen LogP contribution in [0.4, 0.5) is 11.5 Å². The van der Waals surface area contributed by atoms with Crippen molar-refractivity contribution < 1.29 is 0 Å². The Balaban J connectivity index is 1.75. The van der Waals surface area contributed by atoms with E-state index in [4.69, 9.17) is 5.73 Å². The molecule has 0 aliphatic carbocycles. The van der Waals surface area contributed by atoms with Crippen LogP contribution in [0.3, 0.4) is 0 Å². The zero-order chi connectivity index (χ0) is 13.0.